The molecular weight excluding hydrogens is 346 g/mol. The maximum Gasteiger partial charge on any atom is 0.193 e. The Hall–Kier alpha value is -0.820. The van der Waals surface area contributed by atoms with Crippen molar-refractivity contribution >= 4 is 27.5 Å². The summed E-state index contributed by atoms with van der Waals surface area (Å²) < 4.78 is 13.5. The summed E-state index contributed by atoms with van der Waals surface area (Å²) in [6, 6.07) is 3.50. The fourth-order valence-electron chi connectivity index (χ4n) is 2.03. The molecule has 20 heavy (non-hydrogen) atoms. The molecule has 1 N–H and O–H groups in total. The number of halogens is 2. The van der Waals surface area contributed by atoms with Crippen molar-refractivity contribution in [1.29, 1.82) is 0 Å². The van der Waals surface area contributed by atoms with Crippen LogP contribution in [0.1, 0.15) is 24.4 Å². The Morgan fingerprint density at radius 1 is 1.55 bits per heavy atom. The van der Waals surface area contributed by atoms with Gasteiger partial charge >= 0.3 is 0 Å². The summed E-state index contributed by atoms with van der Waals surface area (Å²) in [5.74, 6) is 0.761. The van der Waals surface area contributed by atoms with Crippen LogP contribution >= 0.6 is 27.5 Å². The highest BCUT2D eigenvalue weighted by atomic mass is 79.9. The van der Waals surface area contributed by atoms with Crippen molar-refractivity contribution in [2.24, 2.45) is 0 Å². The van der Waals surface area contributed by atoms with Gasteiger partial charge in [0.15, 0.2) is 5.22 Å². The third-order valence-corrected chi connectivity index (χ3v) is 3.71. The first kappa shape index (κ1) is 15.6. The molecule has 2 aromatic heterocycles. The minimum atomic E-state index is -0.110. The van der Waals surface area contributed by atoms with Crippen LogP contribution in [0.15, 0.2) is 27.2 Å². The van der Waals surface area contributed by atoms with Gasteiger partial charge < -0.3 is 14.5 Å². The summed E-state index contributed by atoms with van der Waals surface area (Å²) in [7, 11) is 1.67. The first-order valence-corrected chi connectivity index (χ1v) is 7.53. The molecule has 0 aliphatic rings. The number of hydrogen-bond acceptors (Lipinski definition) is 4. The average Bonchev–Trinajstić information content (AvgIpc) is 3.01. The summed E-state index contributed by atoms with van der Waals surface area (Å²) in [4.78, 5) is 0. The number of ether oxygens (including phenoxy) is 1. The highest BCUT2D eigenvalue weighted by Crippen LogP contribution is 2.30. The SMILES string of the molecule is CCNC(c1ccc(Cl)o1)c1c(Br)cnn1CCOC. The molecule has 1 atom stereocenters. The molecule has 0 aliphatic carbocycles. The van der Waals surface area contributed by atoms with Crippen LogP contribution in [0.2, 0.25) is 5.22 Å². The molecule has 2 heterocycles. The Bertz CT molecular complexity index is 556. The number of rotatable bonds is 7. The molecule has 0 bridgehead atoms. The van der Waals surface area contributed by atoms with Crippen molar-refractivity contribution in [1.82, 2.24) is 15.1 Å². The van der Waals surface area contributed by atoms with Gasteiger partial charge in [-0.1, -0.05) is 6.92 Å². The van der Waals surface area contributed by atoms with Crippen molar-refractivity contribution in [2.45, 2.75) is 19.5 Å². The van der Waals surface area contributed by atoms with E-state index in [0.29, 0.717) is 18.4 Å². The van der Waals surface area contributed by atoms with Crippen molar-refractivity contribution in [3.05, 3.63) is 39.5 Å². The van der Waals surface area contributed by atoms with Gasteiger partial charge in [0, 0.05) is 7.11 Å². The first-order valence-electron chi connectivity index (χ1n) is 6.36. The molecule has 0 spiro atoms. The number of furan rings is 1. The third kappa shape index (κ3) is 3.44. The van der Waals surface area contributed by atoms with Crippen molar-refractivity contribution in [3.8, 4) is 0 Å². The van der Waals surface area contributed by atoms with Gasteiger partial charge in [-0.3, -0.25) is 4.68 Å². The number of nitrogens with one attached hydrogen (secondary N) is 1. The Morgan fingerprint density at radius 2 is 2.35 bits per heavy atom. The van der Waals surface area contributed by atoms with E-state index in [-0.39, 0.29) is 6.04 Å². The molecule has 0 radical (unpaired) electrons. The van der Waals surface area contributed by atoms with Crippen LogP contribution < -0.4 is 5.32 Å². The van der Waals surface area contributed by atoms with Crippen molar-refractivity contribution in [3.63, 3.8) is 0 Å². The molecule has 0 saturated heterocycles. The first-order chi connectivity index (χ1) is 9.67. The van der Waals surface area contributed by atoms with E-state index in [1.54, 1.807) is 19.4 Å². The van der Waals surface area contributed by atoms with Gasteiger partial charge in [-0.05, 0) is 46.2 Å². The smallest absolute Gasteiger partial charge is 0.193 e. The second kappa shape index (κ2) is 7.26. The maximum absolute atomic E-state index is 5.88. The van der Waals surface area contributed by atoms with Gasteiger partial charge in [0.05, 0.1) is 29.5 Å². The number of nitrogens with zero attached hydrogens (tertiary/aromatic N) is 2. The fourth-order valence-corrected chi connectivity index (χ4v) is 2.71. The van der Waals surface area contributed by atoms with E-state index in [4.69, 9.17) is 20.8 Å². The molecule has 110 valence electrons. The van der Waals surface area contributed by atoms with Crippen LogP contribution in [-0.4, -0.2) is 30.0 Å². The molecule has 0 saturated carbocycles. The summed E-state index contributed by atoms with van der Waals surface area (Å²) in [5.41, 5.74) is 0.995. The summed E-state index contributed by atoms with van der Waals surface area (Å²) >= 11 is 9.43. The number of aromatic nitrogens is 2. The summed E-state index contributed by atoms with van der Waals surface area (Å²) in [5, 5.41) is 8.13. The predicted molar refractivity (Wildman–Crippen MR) is 81.0 cm³/mol. The van der Waals surface area contributed by atoms with Gasteiger partial charge in [0.25, 0.3) is 0 Å². The zero-order valence-electron chi connectivity index (χ0n) is 11.4. The normalized spacial score (nSPS) is 12.8. The zero-order chi connectivity index (χ0) is 14.5. The highest BCUT2D eigenvalue weighted by Gasteiger charge is 2.24. The van der Waals surface area contributed by atoms with Crippen molar-refractivity contribution < 1.29 is 9.15 Å². The lowest BCUT2D eigenvalue weighted by Gasteiger charge is -2.18. The van der Waals surface area contributed by atoms with Crippen LogP contribution in [0, 0.1) is 0 Å². The van der Waals surface area contributed by atoms with Crippen LogP contribution in [-0.2, 0) is 11.3 Å². The molecule has 5 nitrogen and oxygen atoms in total. The van der Waals surface area contributed by atoms with E-state index in [1.165, 1.54) is 0 Å². The lowest BCUT2D eigenvalue weighted by Crippen LogP contribution is -2.25. The van der Waals surface area contributed by atoms with Crippen LogP contribution in [0.3, 0.4) is 0 Å². The molecular formula is C13H17BrClN3O2. The van der Waals surface area contributed by atoms with E-state index >= 15 is 0 Å². The molecule has 0 aromatic carbocycles. The second-order valence-electron chi connectivity index (χ2n) is 4.23. The van der Waals surface area contributed by atoms with Gasteiger partial charge in [-0.25, -0.2) is 0 Å². The Balaban J connectivity index is 2.35. The van der Waals surface area contributed by atoms with Gasteiger partial charge in [0.1, 0.15) is 11.8 Å². The summed E-state index contributed by atoms with van der Waals surface area (Å²) in [6.07, 6.45) is 1.78. The highest BCUT2D eigenvalue weighted by molar-refractivity contribution is 9.10. The van der Waals surface area contributed by atoms with Gasteiger partial charge in [-0.15, -0.1) is 0 Å². The van der Waals surface area contributed by atoms with E-state index in [0.717, 1.165) is 22.5 Å². The largest absolute Gasteiger partial charge is 0.448 e. The lowest BCUT2D eigenvalue weighted by molar-refractivity contribution is 0.181. The standard InChI is InChI=1S/C13H17BrClN3O2/c1-3-16-12(10-4-5-11(15)20-10)13-9(14)8-17-18(13)6-7-19-2/h4-5,8,12,16H,3,6-7H2,1-2H3. The van der Waals surface area contributed by atoms with Crippen LogP contribution in [0.5, 0.6) is 0 Å². The summed E-state index contributed by atoms with van der Waals surface area (Å²) in [6.45, 7) is 4.11. The number of hydrogen-bond donors (Lipinski definition) is 1. The molecule has 0 amide bonds. The van der Waals surface area contributed by atoms with E-state index in [2.05, 4.69) is 26.3 Å². The number of methoxy groups -OCH3 is 1. The molecule has 2 aromatic rings. The molecule has 7 heteroatoms. The predicted octanol–water partition coefficient (Wildman–Crippen LogP) is 3.24. The van der Waals surface area contributed by atoms with Gasteiger partial charge in [-0.2, -0.15) is 5.10 Å². The monoisotopic (exact) mass is 361 g/mol. The van der Waals surface area contributed by atoms with E-state index in [1.807, 2.05) is 17.7 Å². The Morgan fingerprint density at radius 3 is 2.95 bits per heavy atom. The van der Waals surface area contributed by atoms with Gasteiger partial charge in [0.2, 0.25) is 0 Å². The van der Waals surface area contributed by atoms with Crippen molar-refractivity contribution in [2.75, 3.05) is 20.3 Å². The van der Waals surface area contributed by atoms with Crippen LogP contribution in [0.4, 0.5) is 0 Å². The zero-order valence-corrected chi connectivity index (χ0v) is 13.7. The minimum absolute atomic E-state index is 0.110. The average molecular weight is 363 g/mol. The Kier molecular flexibility index (Phi) is 5.65. The van der Waals surface area contributed by atoms with Crippen LogP contribution in [0.25, 0.3) is 0 Å². The fraction of sp³-hybridized carbons (Fsp3) is 0.462. The topological polar surface area (TPSA) is 52.2 Å². The second-order valence-corrected chi connectivity index (χ2v) is 5.45. The Labute approximate surface area is 131 Å². The molecule has 2 rings (SSSR count). The molecule has 0 aliphatic heterocycles. The quantitative estimate of drug-likeness (QED) is 0.821. The van der Waals surface area contributed by atoms with E-state index < -0.39 is 0 Å². The maximum atomic E-state index is 5.88. The lowest BCUT2D eigenvalue weighted by atomic mass is 10.1. The molecule has 0 fully saturated rings. The molecule has 1 unspecified atom stereocenters. The third-order valence-electron chi connectivity index (χ3n) is 2.90. The minimum Gasteiger partial charge on any atom is -0.448 e. The van der Waals surface area contributed by atoms with E-state index in [9.17, 15) is 0 Å².